The predicted molar refractivity (Wildman–Crippen MR) is 92.6 cm³/mol. The number of hydrazone groups is 1. The Kier molecular flexibility index (Phi) is 5.00. The molecule has 0 aliphatic carbocycles. The molecule has 0 radical (unpaired) electrons. The van der Waals surface area contributed by atoms with E-state index in [1.165, 1.54) is 0 Å². The number of nitrogens with one attached hydrogen (secondary N) is 1. The molecule has 0 atom stereocenters. The van der Waals surface area contributed by atoms with Gasteiger partial charge in [0.2, 0.25) is 6.79 Å². The van der Waals surface area contributed by atoms with Crippen molar-refractivity contribution in [2.75, 3.05) is 13.4 Å². The van der Waals surface area contributed by atoms with Gasteiger partial charge in [-0.3, -0.25) is 4.79 Å². The molecule has 1 heterocycles. The Morgan fingerprint density at radius 3 is 2.75 bits per heavy atom. The third-order valence-corrected chi connectivity index (χ3v) is 3.85. The first-order valence-electron chi connectivity index (χ1n) is 7.23. The van der Waals surface area contributed by atoms with Crippen molar-refractivity contribution in [3.05, 3.63) is 52.5 Å². The van der Waals surface area contributed by atoms with E-state index in [2.05, 4.69) is 26.5 Å². The Balaban J connectivity index is 1.54. The van der Waals surface area contributed by atoms with E-state index in [9.17, 15) is 4.79 Å². The summed E-state index contributed by atoms with van der Waals surface area (Å²) < 4.78 is 16.9. The van der Waals surface area contributed by atoms with Crippen molar-refractivity contribution < 1.29 is 19.0 Å². The molecule has 6 nitrogen and oxygen atoms in total. The van der Waals surface area contributed by atoms with E-state index in [-0.39, 0.29) is 19.3 Å². The second-order valence-electron chi connectivity index (χ2n) is 5.04. The molecule has 124 valence electrons. The first-order valence-corrected chi connectivity index (χ1v) is 8.02. The molecule has 1 N–H and O–H groups in total. The van der Waals surface area contributed by atoms with Gasteiger partial charge in [-0.25, -0.2) is 5.43 Å². The van der Waals surface area contributed by atoms with Crippen molar-refractivity contribution >= 4 is 27.5 Å². The highest BCUT2D eigenvalue weighted by Crippen LogP contribution is 2.32. The average molecular weight is 391 g/mol. The number of amides is 1. The van der Waals surface area contributed by atoms with Gasteiger partial charge < -0.3 is 14.2 Å². The lowest BCUT2D eigenvalue weighted by Gasteiger charge is -2.06. The number of rotatable bonds is 5. The summed E-state index contributed by atoms with van der Waals surface area (Å²) in [6.45, 7) is 1.91. The topological polar surface area (TPSA) is 69.2 Å². The highest BCUT2D eigenvalue weighted by atomic mass is 79.9. The van der Waals surface area contributed by atoms with E-state index in [0.717, 1.165) is 10.0 Å². The Bertz CT molecular complexity index is 775. The van der Waals surface area contributed by atoms with Gasteiger partial charge in [-0.15, -0.1) is 0 Å². The zero-order valence-corrected chi connectivity index (χ0v) is 14.5. The maximum atomic E-state index is 11.8. The van der Waals surface area contributed by atoms with Gasteiger partial charge in [0.1, 0.15) is 5.75 Å². The van der Waals surface area contributed by atoms with Crippen LogP contribution >= 0.6 is 15.9 Å². The predicted octanol–water partition coefficient (Wildman–Crippen LogP) is 3.10. The Labute approximate surface area is 147 Å². The number of hydrogen-bond acceptors (Lipinski definition) is 5. The van der Waals surface area contributed by atoms with E-state index >= 15 is 0 Å². The minimum Gasteiger partial charge on any atom is -0.484 e. The number of benzene rings is 2. The number of carbonyl (C=O) groups is 1. The molecule has 0 unspecified atom stereocenters. The first kappa shape index (κ1) is 16.3. The number of hydrogen-bond donors (Lipinski definition) is 1. The fourth-order valence-electron chi connectivity index (χ4n) is 2.04. The van der Waals surface area contributed by atoms with Gasteiger partial charge in [-0.1, -0.05) is 15.9 Å². The summed E-state index contributed by atoms with van der Waals surface area (Å²) >= 11 is 3.34. The molecule has 0 aromatic heterocycles. The molecule has 7 heteroatoms. The monoisotopic (exact) mass is 390 g/mol. The lowest BCUT2D eigenvalue weighted by Crippen LogP contribution is -2.25. The molecular formula is C17H15BrN2O4. The van der Waals surface area contributed by atoms with Crippen LogP contribution in [0.2, 0.25) is 0 Å². The van der Waals surface area contributed by atoms with Crippen molar-refractivity contribution in [2.24, 2.45) is 5.10 Å². The normalized spacial score (nSPS) is 12.8. The van der Waals surface area contributed by atoms with Crippen LogP contribution < -0.4 is 19.6 Å². The zero-order valence-electron chi connectivity index (χ0n) is 12.9. The molecule has 1 amide bonds. The molecule has 24 heavy (non-hydrogen) atoms. The number of halogens is 1. The molecule has 2 aromatic rings. The molecular weight excluding hydrogens is 376 g/mol. The summed E-state index contributed by atoms with van der Waals surface area (Å²) in [6.07, 6.45) is 0. The third kappa shape index (κ3) is 4.05. The molecule has 0 saturated heterocycles. The lowest BCUT2D eigenvalue weighted by molar-refractivity contribution is -0.123. The zero-order chi connectivity index (χ0) is 16.9. The van der Waals surface area contributed by atoms with Gasteiger partial charge >= 0.3 is 0 Å². The quantitative estimate of drug-likeness (QED) is 0.628. The van der Waals surface area contributed by atoms with Crippen LogP contribution in [0.3, 0.4) is 0 Å². The second-order valence-corrected chi connectivity index (χ2v) is 5.96. The number of fused-ring (bicyclic) bond motifs is 1. The van der Waals surface area contributed by atoms with Crippen molar-refractivity contribution in [2.45, 2.75) is 6.92 Å². The summed E-state index contributed by atoms with van der Waals surface area (Å²) in [7, 11) is 0. The summed E-state index contributed by atoms with van der Waals surface area (Å²) in [5, 5.41) is 4.08. The van der Waals surface area contributed by atoms with E-state index in [1.54, 1.807) is 19.1 Å². The molecule has 0 fully saturated rings. The Morgan fingerprint density at radius 1 is 1.21 bits per heavy atom. The first-order chi connectivity index (χ1) is 11.6. The minimum atomic E-state index is -0.335. The van der Waals surface area contributed by atoms with Gasteiger partial charge in [0.25, 0.3) is 5.91 Å². The largest absolute Gasteiger partial charge is 0.484 e. The molecule has 3 rings (SSSR count). The summed E-state index contributed by atoms with van der Waals surface area (Å²) in [5.74, 6) is 1.66. The SMILES string of the molecule is C/C(=N\NC(=O)COc1ccc(Br)cc1)c1ccc2c(c1)OCO2. The van der Waals surface area contributed by atoms with Crippen molar-refractivity contribution in [1.29, 1.82) is 0 Å². The van der Waals surface area contributed by atoms with Gasteiger partial charge in [0.15, 0.2) is 18.1 Å². The van der Waals surface area contributed by atoms with Crippen LogP contribution in [0, 0.1) is 0 Å². The van der Waals surface area contributed by atoms with E-state index in [0.29, 0.717) is 23.0 Å². The Hall–Kier alpha value is -2.54. The van der Waals surface area contributed by atoms with Gasteiger partial charge in [-0.2, -0.15) is 5.10 Å². The molecule has 0 saturated carbocycles. The minimum absolute atomic E-state index is 0.112. The maximum Gasteiger partial charge on any atom is 0.277 e. The molecule has 1 aliphatic heterocycles. The van der Waals surface area contributed by atoms with Crippen LogP contribution in [0.25, 0.3) is 0 Å². The van der Waals surface area contributed by atoms with Gasteiger partial charge in [-0.05, 0) is 49.4 Å². The Morgan fingerprint density at radius 2 is 1.96 bits per heavy atom. The molecule has 1 aliphatic rings. The lowest BCUT2D eigenvalue weighted by atomic mass is 10.1. The summed E-state index contributed by atoms with van der Waals surface area (Å²) in [4.78, 5) is 11.8. The average Bonchev–Trinajstić information content (AvgIpc) is 3.06. The van der Waals surface area contributed by atoms with Crippen LogP contribution in [0.4, 0.5) is 0 Å². The highest BCUT2D eigenvalue weighted by molar-refractivity contribution is 9.10. The fourth-order valence-corrected chi connectivity index (χ4v) is 2.31. The highest BCUT2D eigenvalue weighted by Gasteiger charge is 2.14. The maximum absolute atomic E-state index is 11.8. The van der Waals surface area contributed by atoms with Crippen LogP contribution in [0.1, 0.15) is 12.5 Å². The third-order valence-electron chi connectivity index (χ3n) is 3.32. The number of carbonyl (C=O) groups excluding carboxylic acids is 1. The smallest absolute Gasteiger partial charge is 0.277 e. The van der Waals surface area contributed by atoms with Gasteiger partial charge in [0, 0.05) is 10.0 Å². The van der Waals surface area contributed by atoms with E-state index < -0.39 is 0 Å². The van der Waals surface area contributed by atoms with Crippen LogP contribution in [0.15, 0.2) is 52.0 Å². The van der Waals surface area contributed by atoms with Crippen LogP contribution in [-0.2, 0) is 4.79 Å². The summed E-state index contributed by atoms with van der Waals surface area (Å²) in [6, 6.07) is 12.7. The van der Waals surface area contributed by atoms with E-state index in [1.807, 2.05) is 30.3 Å². The van der Waals surface area contributed by atoms with E-state index in [4.69, 9.17) is 14.2 Å². The van der Waals surface area contributed by atoms with Crippen molar-refractivity contribution in [1.82, 2.24) is 5.43 Å². The van der Waals surface area contributed by atoms with Crippen molar-refractivity contribution in [3.63, 3.8) is 0 Å². The van der Waals surface area contributed by atoms with Crippen LogP contribution in [-0.4, -0.2) is 25.0 Å². The standard InChI is InChI=1S/C17H15BrN2O4/c1-11(12-2-7-15-16(8-12)24-10-23-15)19-20-17(21)9-22-14-5-3-13(18)4-6-14/h2-8H,9-10H2,1H3,(H,20,21)/b19-11+. The van der Waals surface area contributed by atoms with Crippen LogP contribution in [0.5, 0.6) is 17.2 Å². The summed E-state index contributed by atoms with van der Waals surface area (Å²) in [5.41, 5.74) is 3.97. The molecule has 0 spiro atoms. The second kappa shape index (κ2) is 7.35. The molecule has 2 aromatic carbocycles. The number of ether oxygens (including phenoxy) is 3. The fraction of sp³-hybridized carbons (Fsp3) is 0.176. The molecule has 0 bridgehead atoms. The van der Waals surface area contributed by atoms with Crippen molar-refractivity contribution in [3.8, 4) is 17.2 Å². The van der Waals surface area contributed by atoms with Gasteiger partial charge in [0.05, 0.1) is 5.71 Å². The number of nitrogens with zero attached hydrogens (tertiary/aromatic N) is 1.